The summed E-state index contributed by atoms with van der Waals surface area (Å²) < 4.78 is 5.00. The summed E-state index contributed by atoms with van der Waals surface area (Å²) >= 11 is 2.35. The van der Waals surface area contributed by atoms with Gasteiger partial charge in [-0.3, -0.25) is 0 Å². The maximum atomic E-state index is 11.2. The van der Waals surface area contributed by atoms with Gasteiger partial charge >= 0.3 is 5.97 Å². The van der Waals surface area contributed by atoms with Crippen LogP contribution < -0.4 is 5.11 Å². The van der Waals surface area contributed by atoms with Crippen molar-refractivity contribution in [2.24, 2.45) is 0 Å². The van der Waals surface area contributed by atoms with Crippen LogP contribution in [0.4, 0.5) is 0 Å². The van der Waals surface area contributed by atoms with Crippen LogP contribution in [0.15, 0.2) is 20.6 Å². The first-order valence-corrected chi connectivity index (χ1v) is 5.53. The molecule has 0 aliphatic carbocycles. The van der Waals surface area contributed by atoms with Gasteiger partial charge in [-0.1, -0.05) is 23.5 Å². The van der Waals surface area contributed by atoms with Gasteiger partial charge in [0.25, 0.3) is 0 Å². The van der Waals surface area contributed by atoms with Crippen LogP contribution >= 0.6 is 23.5 Å². The predicted molar refractivity (Wildman–Crippen MR) is 53.0 cm³/mol. The van der Waals surface area contributed by atoms with Crippen LogP contribution in [-0.2, 0) is 14.3 Å². The zero-order valence-corrected chi connectivity index (χ0v) is 8.94. The van der Waals surface area contributed by atoms with Crippen molar-refractivity contribution in [2.45, 2.75) is 6.92 Å². The lowest BCUT2D eigenvalue weighted by molar-refractivity contribution is -0.299. The molecule has 1 aliphatic rings. The molecule has 0 bridgehead atoms. The Labute approximate surface area is 89.4 Å². The third kappa shape index (κ3) is 2.55. The van der Waals surface area contributed by atoms with Crippen LogP contribution in [0, 0.1) is 0 Å². The van der Waals surface area contributed by atoms with E-state index in [0.717, 1.165) is 0 Å². The number of aliphatic carboxylic acids is 1. The van der Waals surface area contributed by atoms with Crippen molar-refractivity contribution in [3.05, 3.63) is 20.6 Å². The Morgan fingerprint density at radius 1 is 1.43 bits per heavy atom. The van der Waals surface area contributed by atoms with E-state index in [4.69, 9.17) is 0 Å². The van der Waals surface area contributed by atoms with E-state index >= 15 is 0 Å². The molecule has 6 heteroatoms. The van der Waals surface area contributed by atoms with Crippen molar-refractivity contribution in [1.29, 1.82) is 0 Å². The molecule has 0 amide bonds. The maximum Gasteiger partial charge on any atom is 0.341 e. The first-order chi connectivity index (χ1) is 6.66. The minimum Gasteiger partial charge on any atom is -0.544 e. The number of carbonyl (C=O) groups is 2. The number of rotatable bonds is 3. The molecule has 0 spiro atoms. The Bertz CT molecular complexity index is 309. The third-order valence-corrected chi connectivity index (χ3v) is 3.42. The average molecular weight is 231 g/mol. The van der Waals surface area contributed by atoms with E-state index in [2.05, 4.69) is 4.74 Å². The number of thioether (sulfide) groups is 2. The van der Waals surface area contributed by atoms with Gasteiger partial charge < -0.3 is 14.6 Å². The number of carbonyl (C=O) groups excluding carboxylic acids is 2. The SMILES string of the molecule is CCOC(=O)C(C(=O)[O-])=C1SC=CS1. The monoisotopic (exact) mass is 231 g/mol. The molecule has 14 heavy (non-hydrogen) atoms. The Morgan fingerprint density at radius 3 is 2.43 bits per heavy atom. The molecule has 0 saturated heterocycles. The fourth-order valence-electron chi connectivity index (χ4n) is 0.778. The lowest BCUT2D eigenvalue weighted by Crippen LogP contribution is -2.30. The summed E-state index contributed by atoms with van der Waals surface area (Å²) in [6.07, 6.45) is 0. The summed E-state index contributed by atoms with van der Waals surface area (Å²) in [5, 5.41) is 14.1. The second kappa shape index (κ2) is 5.11. The van der Waals surface area contributed by atoms with E-state index in [0.29, 0.717) is 4.24 Å². The van der Waals surface area contributed by atoms with E-state index in [9.17, 15) is 14.7 Å². The number of carboxylic acids is 1. The van der Waals surface area contributed by atoms with Crippen molar-refractivity contribution >= 4 is 35.5 Å². The largest absolute Gasteiger partial charge is 0.544 e. The molecule has 0 aromatic carbocycles. The lowest BCUT2D eigenvalue weighted by Gasteiger charge is -2.09. The molecule has 0 fully saturated rings. The van der Waals surface area contributed by atoms with Crippen LogP contribution in [0.2, 0.25) is 0 Å². The minimum atomic E-state index is -1.50. The molecule has 76 valence electrons. The van der Waals surface area contributed by atoms with E-state index in [-0.39, 0.29) is 6.61 Å². The van der Waals surface area contributed by atoms with Crippen LogP contribution in [-0.4, -0.2) is 18.5 Å². The molecule has 0 saturated carbocycles. The van der Waals surface area contributed by atoms with Gasteiger partial charge in [-0.2, -0.15) is 0 Å². The Kier molecular flexibility index (Phi) is 4.09. The standard InChI is InChI=1S/C8H8O4S2/c1-2-12-7(11)5(6(9)10)8-13-3-4-14-8/h3-4H,2H2,1H3,(H,9,10)/p-1. The molecule has 1 aliphatic heterocycles. The molecule has 1 heterocycles. The summed E-state index contributed by atoms with van der Waals surface area (Å²) in [6.45, 7) is 1.76. The number of carboxylic acid groups (broad SMARTS) is 1. The molecule has 0 aromatic rings. The Hall–Kier alpha value is -0.880. The van der Waals surface area contributed by atoms with Gasteiger partial charge in [0.2, 0.25) is 0 Å². The fraction of sp³-hybridized carbons (Fsp3) is 0.250. The number of esters is 1. The molecule has 0 atom stereocenters. The zero-order valence-electron chi connectivity index (χ0n) is 7.31. The van der Waals surface area contributed by atoms with Gasteiger partial charge in [-0.05, 0) is 17.7 Å². The molecule has 0 N–H and O–H groups in total. The summed E-state index contributed by atoms with van der Waals surface area (Å²) in [5.74, 6) is -2.34. The molecular formula is C8H7O4S2-. The van der Waals surface area contributed by atoms with Crippen LogP contribution in [0.25, 0.3) is 0 Å². The number of hydrogen-bond acceptors (Lipinski definition) is 6. The highest BCUT2D eigenvalue weighted by atomic mass is 32.2. The highest BCUT2D eigenvalue weighted by Crippen LogP contribution is 2.39. The number of ether oxygens (including phenoxy) is 1. The summed E-state index contributed by atoms with van der Waals surface area (Å²) in [5.41, 5.74) is -0.396. The highest BCUT2D eigenvalue weighted by molar-refractivity contribution is 8.27. The van der Waals surface area contributed by atoms with Crippen LogP contribution in [0.3, 0.4) is 0 Å². The predicted octanol–water partition coefficient (Wildman–Crippen LogP) is 0.462. The summed E-state index contributed by atoms with van der Waals surface area (Å²) in [6, 6.07) is 0. The lowest BCUT2D eigenvalue weighted by atomic mass is 10.3. The second-order valence-corrected chi connectivity index (χ2v) is 4.27. The fourth-order valence-corrected chi connectivity index (χ4v) is 2.59. The van der Waals surface area contributed by atoms with E-state index in [1.807, 2.05) is 0 Å². The normalized spacial score (nSPS) is 14.2. The molecule has 0 aromatic heterocycles. The summed E-state index contributed by atoms with van der Waals surface area (Å²) in [7, 11) is 0. The minimum absolute atomic E-state index is 0.144. The average Bonchev–Trinajstić information content (AvgIpc) is 2.57. The van der Waals surface area contributed by atoms with E-state index < -0.39 is 17.5 Å². The Balaban J connectivity index is 2.89. The first kappa shape index (κ1) is 11.2. The Morgan fingerprint density at radius 2 is 2.00 bits per heavy atom. The van der Waals surface area contributed by atoms with Crippen LogP contribution in [0.5, 0.6) is 0 Å². The highest BCUT2D eigenvalue weighted by Gasteiger charge is 2.19. The van der Waals surface area contributed by atoms with Crippen molar-refractivity contribution in [3.63, 3.8) is 0 Å². The van der Waals surface area contributed by atoms with Crippen molar-refractivity contribution in [1.82, 2.24) is 0 Å². The molecule has 0 unspecified atom stereocenters. The second-order valence-electron chi connectivity index (χ2n) is 2.18. The van der Waals surface area contributed by atoms with Gasteiger partial charge in [0.05, 0.1) is 16.8 Å². The van der Waals surface area contributed by atoms with Crippen molar-refractivity contribution in [3.8, 4) is 0 Å². The zero-order chi connectivity index (χ0) is 10.6. The van der Waals surface area contributed by atoms with E-state index in [1.165, 1.54) is 23.5 Å². The van der Waals surface area contributed by atoms with Crippen molar-refractivity contribution < 1.29 is 19.4 Å². The first-order valence-electron chi connectivity index (χ1n) is 3.78. The van der Waals surface area contributed by atoms with Gasteiger partial charge in [0.1, 0.15) is 5.57 Å². The third-order valence-electron chi connectivity index (χ3n) is 1.29. The van der Waals surface area contributed by atoms with E-state index in [1.54, 1.807) is 17.7 Å². The van der Waals surface area contributed by atoms with Gasteiger partial charge in [0.15, 0.2) is 0 Å². The molecule has 1 rings (SSSR count). The number of hydrogen-bond donors (Lipinski definition) is 0. The molecular weight excluding hydrogens is 224 g/mol. The van der Waals surface area contributed by atoms with Crippen LogP contribution in [0.1, 0.15) is 6.92 Å². The molecule has 4 nitrogen and oxygen atoms in total. The topological polar surface area (TPSA) is 66.4 Å². The maximum absolute atomic E-state index is 11.2. The van der Waals surface area contributed by atoms with Gasteiger partial charge in [-0.25, -0.2) is 4.79 Å². The quantitative estimate of drug-likeness (QED) is 0.304. The van der Waals surface area contributed by atoms with Gasteiger partial charge in [-0.15, -0.1) is 0 Å². The van der Waals surface area contributed by atoms with Gasteiger partial charge in [0, 0.05) is 0 Å². The summed E-state index contributed by atoms with van der Waals surface area (Å²) in [4.78, 5) is 21.9. The smallest absolute Gasteiger partial charge is 0.341 e. The molecule has 0 radical (unpaired) electrons. The van der Waals surface area contributed by atoms with Crippen molar-refractivity contribution in [2.75, 3.05) is 6.61 Å².